The molecule has 5 nitrogen and oxygen atoms in total. The number of hydrogen-bond acceptors (Lipinski definition) is 4. The molecule has 0 aliphatic carbocycles. The van der Waals surface area contributed by atoms with E-state index in [1.54, 1.807) is 0 Å². The fourth-order valence-corrected chi connectivity index (χ4v) is 2.38. The maximum atomic E-state index is 11.7. The van der Waals surface area contributed by atoms with Crippen molar-refractivity contribution in [1.82, 2.24) is 10.6 Å². The maximum Gasteiger partial charge on any atom is 0.237 e. The van der Waals surface area contributed by atoms with Gasteiger partial charge in [-0.05, 0) is 32.2 Å². The zero-order valence-electron chi connectivity index (χ0n) is 11.0. The van der Waals surface area contributed by atoms with Crippen LogP contribution in [0.2, 0.25) is 0 Å². The zero-order chi connectivity index (χ0) is 12.6. The SMILES string of the molecule is O=C(NCCCOCC1CCOC1)C1CCCN1. The molecule has 1 amide bonds. The van der Waals surface area contributed by atoms with Crippen LogP contribution < -0.4 is 10.6 Å². The Morgan fingerprint density at radius 1 is 1.44 bits per heavy atom. The van der Waals surface area contributed by atoms with Crippen LogP contribution in [-0.2, 0) is 14.3 Å². The molecule has 0 spiro atoms. The van der Waals surface area contributed by atoms with Gasteiger partial charge in [0.15, 0.2) is 0 Å². The Morgan fingerprint density at radius 2 is 2.39 bits per heavy atom. The molecule has 2 aliphatic rings. The molecule has 2 fully saturated rings. The summed E-state index contributed by atoms with van der Waals surface area (Å²) in [6.07, 6.45) is 4.06. The summed E-state index contributed by atoms with van der Waals surface area (Å²) in [7, 11) is 0. The molecule has 0 radical (unpaired) electrons. The van der Waals surface area contributed by atoms with Gasteiger partial charge in [-0.3, -0.25) is 4.79 Å². The summed E-state index contributed by atoms with van der Waals surface area (Å²) in [6, 6.07) is 0.0292. The third kappa shape index (κ3) is 4.55. The molecular formula is C13H24N2O3. The average molecular weight is 256 g/mol. The highest BCUT2D eigenvalue weighted by Crippen LogP contribution is 2.12. The highest BCUT2D eigenvalue weighted by molar-refractivity contribution is 5.81. The summed E-state index contributed by atoms with van der Waals surface area (Å²) in [5.74, 6) is 0.707. The molecule has 2 unspecified atom stereocenters. The van der Waals surface area contributed by atoms with E-state index in [-0.39, 0.29) is 11.9 Å². The monoisotopic (exact) mass is 256 g/mol. The van der Waals surface area contributed by atoms with Crippen LogP contribution in [0.25, 0.3) is 0 Å². The molecular weight excluding hydrogens is 232 g/mol. The number of carbonyl (C=O) groups excluding carboxylic acids is 1. The molecule has 0 aromatic heterocycles. The summed E-state index contributed by atoms with van der Waals surface area (Å²) in [5, 5.41) is 6.14. The lowest BCUT2D eigenvalue weighted by Crippen LogP contribution is -2.40. The molecule has 18 heavy (non-hydrogen) atoms. The van der Waals surface area contributed by atoms with E-state index in [0.29, 0.717) is 12.5 Å². The van der Waals surface area contributed by atoms with Gasteiger partial charge < -0.3 is 20.1 Å². The minimum Gasteiger partial charge on any atom is -0.381 e. The molecule has 2 saturated heterocycles. The van der Waals surface area contributed by atoms with Crippen LogP contribution in [0.1, 0.15) is 25.7 Å². The van der Waals surface area contributed by atoms with Crippen LogP contribution in [0.15, 0.2) is 0 Å². The first-order valence-electron chi connectivity index (χ1n) is 7.03. The van der Waals surface area contributed by atoms with Gasteiger partial charge in [0.1, 0.15) is 0 Å². The van der Waals surface area contributed by atoms with Crippen LogP contribution in [0.3, 0.4) is 0 Å². The van der Waals surface area contributed by atoms with Crippen LogP contribution >= 0.6 is 0 Å². The number of hydrogen-bond donors (Lipinski definition) is 2. The van der Waals surface area contributed by atoms with Crippen molar-refractivity contribution in [2.24, 2.45) is 5.92 Å². The van der Waals surface area contributed by atoms with Gasteiger partial charge in [-0.15, -0.1) is 0 Å². The Bertz CT molecular complexity index is 249. The largest absolute Gasteiger partial charge is 0.381 e. The third-order valence-corrected chi connectivity index (χ3v) is 3.52. The smallest absolute Gasteiger partial charge is 0.237 e. The summed E-state index contributed by atoms with van der Waals surface area (Å²) < 4.78 is 10.9. The third-order valence-electron chi connectivity index (χ3n) is 3.52. The lowest BCUT2D eigenvalue weighted by atomic mass is 10.1. The summed E-state index contributed by atoms with van der Waals surface area (Å²) in [6.45, 7) is 4.89. The Morgan fingerprint density at radius 3 is 3.11 bits per heavy atom. The van der Waals surface area contributed by atoms with E-state index in [2.05, 4.69) is 10.6 Å². The molecule has 0 bridgehead atoms. The van der Waals surface area contributed by atoms with Crippen molar-refractivity contribution in [3.8, 4) is 0 Å². The van der Waals surface area contributed by atoms with Gasteiger partial charge in [0.05, 0.1) is 19.3 Å². The second-order valence-corrected chi connectivity index (χ2v) is 5.10. The van der Waals surface area contributed by atoms with Crippen molar-refractivity contribution in [2.75, 3.05) is 39.5 Å². The molecule has 2 rings (SSSR count). The lowest BCUT2D eigenvalue weighted by molar-refractivity contribution is -0.122. The van der Waals surface area contributed by atoms with Gasteiger partial charge in [-0.25, -0.2) is 0 Å². The van der Waals surface area contributed by atoms with Gasteiger partial charge in [-0.1, -0.05) is 0 Å². The van der Waals surface area contributed by atoms with Crippen LogP contribution in [-0.4, -0.2) is 51.5 Å². The fourth-order valence-electron chi connectivity index (χ4n) is 2.38. The van der Waals surface area contributed by atoms with Crippen molar-refractivity contribution in [3.63, 3.8) is 0 Å². The summed E-state index contributed by atoms with van der Waals surface area (Å²) in [4.78, 5) is 11.7. The van der Waals surface area contributed by atoms with E-state index in [1.807, 2.05) is 0 Å². The van der Waals surface area contributed by atoms with E-state index >= 15 is 0 Å². The van der Waals surface area contributed by atoms with Crippen LogP contribution in [0.4, 0.5) is 0 Å². The van der Waals surface area contributed by atoms with Gasteiger partial charge in [0, 0.05) is 25.7 Å². The normalized spacial score (nSPS) is 27.6. The first-order chi connectivity index (χ1) is 8.86. The van der Waals surface area contributed by atoms with Crippen LogP contribution in [0, 0.1) is 5.92 Å². The minimum atomic E-state index is 0.0292. The lowest BCUT2D eigenvalue weighted by Gasteiger charge is -2.11. The molecule has 2 atom stereocenters. The minimum absolute atomic E-state index is 0.0292. The Labute approximate surface area is 109 Å². The number of ether oxygens (including phenoxy) is 2. The maximum absolute atomic E-state index is 11.7. The van der Waals surface area contributed by atoms with E-state index < -0.39 is 0 Å². The van der Waals surface area contributed by atoms with E-state index in [1.165, 1.54) is 0 Å². The highest BCUT2D eigenvalue weighted by Gasteiger charge is 2.21. The Kier molecular flexibility index (Phi) is 5.90. The van der Waals surface area contributed by atoms with Crippen molar-refractivity contribution in [3.05, 3.63) is 0 Å². The van der Waals surface area contributed by atoms with Crippen molar-refractivity contribution in [2.45, 2.75) is 31.7 Å². The first-order valence-corrected chi connectivity index (χ1v) is 7.03. The van der Waals surface area contributed by atoms with E-state index in [4.69, 9.17) is 9.47 Å². The van der Waals surface area contributed by atoms with Crippen molar-refractivity contribution in [1.29, 1.82) is 0 Å². The van der Waals surface area contributed by atoms with E-state index in [9.17, 15) is 4.79 Å². The molecule has 104 valence electrons. The zero-order valence-corrected chi connectivity index (χ0v) is 11.0. The van der Waals surface area contributed by atoms with Gasteiger partial charge in [0.25, 0.3) is 0 Å². The summed E-state index contributed by atoms with van der Waals surface area (Å²) >= 11 is 0. The number of amides is 1. The van der Waals surface area contributed by atoms with E-state index in [0.717, 1.165) is 58.7 Å². The molecule has 5 heteroatoms. The molecule has 2 N–H and O–H groups in total. The second kappa shape index (κ2) is 7.71. The standard InChI is InChI=1S/C13H24N2O3/c16-13(12-3-1-5-14-12)15-6-2-7-17-9-11-4-8-18-10-11/h11-12,14H,1-10H2,(H,15,16). The Balaban J connectivity index is 1.42. The average Bonchev–Trinajstić information content (AvgIpc) is 3.05. The number of rotatable bonds is 7. The van der Waals surface area contributed by atoms with Crippen molar-refractivity contribution < 1.29 is 14.3 Å². The first kappa shape index (κ1) is 13.8. The highest BCUT2D eigenvalue weighted by atomic mass is 16.5. The summed E-state index contributed by atoms with van der Waals surface area (Å²) in [5.41, 5.74) is 0. The van der Waals surface area contributed by atoms with Gasteiger partial charge in [-0.2, -0.15) is 0 Å². The molecule has 2 heterocycles. The topological polar surface area (TPSA) is 59.6 Å². The Hall–Kier alpha value is -0.650. The second-order valence-electron chi connectivity index (χ2n) is 5.10. The molecule has 0 aromatic rings. The fraction of sp³-hybridized carbons (Fsp3) is 0.923. The van der Waals surface area contributed by atoms with Crippen LogP contribution in [0.5, 0.6) is 0 Å². The van der Waals surface area contributed by atoms with Gasteiger partial charge in [0.2, 0.25) is 5.91 Å². The van der Waals surface area contributed by atoms with Crippen molar-refractivity contribution >= 4 is 5.91 Å². The molecule has 0 aromatic carbocycles. The predicted octanol–water partition coefficient (Wildman–Crippen LogP) is 0.298. The number of nitrogens with one attached hydrogen (secondary N) is 2. The molecule has 2 aliphatic heterocycles. The number of carbonyl (C=O) groups is 1. The molecule has 0 saturated carbocycles. The van der Waals surface area contributed by atoms with Gasteiger partial charge >= 0.3 is 0 Å². The predicted molar refractivity (Wildman–Crippen MR) is 68.4 cm³/mol. The quantitative estimate of drug-likeness (QED) is 0.643.